The van der Waals surface area contributed by atoms with Crippen LogP contribution in [0.3, 0.4) is 0 Å². The standard InChI is InChI=1S/C18H13ClN2O2/c1-11(21-20-10-12-5-4-6-13(19)9-12)16-17(22)14-7-2-3-8-15(14)18(16)23/h2-10,22H,1H3. The van der Waals surface area contributed by atoms with E-state index >= 15 is 0 Å². The van der Waals surface area contributed by atoms with Gasteiger partial charge in [-0.2, -0.15) is 10.2 Å². The van der Waals surface area contributed by atoms with E-state index in [-0.39, 0.29) is 17.1 Å². The topological polar surface area (TPSA) is 62.0 Å². The zero-order chi connectivity index (χ0) is 16.4. The summed E-state index contributed by atoms with van der Waals surface area (Å²) in [4.78, 5) is 12.4. The SMILES string of the molecule is CC(=NN=Cc1cccc(Cl)c1)C1=C(O)c2ccccc2C1=O. The van der Waals surface area contributed by atoms with Crippen LogP contribution < -0.4 is 0 Å². The predicted octanol–water partition coefficient (Wildman–Crippen LogP) is 4.30. The summed E-state index contributed by atoms with van der Waals surface area (Å²) in [7, 11) is 0. The van der Waals surface area contributed by atoms with Gasteiger partial charge in [-0.1, -0.05) is 48.0 Å². The molecule has 2 aromatic rings. The first-order valence-electron chi connectivity index (χ1n) is 6.99. The molecule has 0 aliphatic heterocycles. The highest BCUT2D eigenvalue weighted by atomic mass is 35.5. The summed E-state index contributed by atoms with van der Waals surface area (Å²) in [5.74, 6) is -0.290. The molecule has 0 bridgehead atoms. The first-order chi connectivity index (χ1) is 11.1. The number of halogens is 1. The molecule has 0 aromatic heterocycles. The van der Waals surface area contributed by atoms with Crippen molar-refractivity contribution >= 4 is 35.1 Å². The number of nitrogens with zero attached hydrogens (tertiary/aromatic N) is 2. The van der Waals surface area contributed by atoms with Gasteiger partial charge in [0.1, 0.15) is 5.76 Å². The molecule has 0 atom stereocenters. The van der Waals surface area contributed by atoms with Crippen molar-refractivity contribution in [2.24, 2.45) is 10.2 Å². The van der Waals surface area contributed by atoms with Crippen molar-refractivity contribution in [3.05, 3.63) is 75.8 Å². The van der Waals surface area contributed by atoms with Crippen LogP contribution in [0.5, 0.6) is 0 Å². The average molecular weight is 325 g/mol. The fourth-order valence-electron chi connectivity index (χ4n) is 2.42. The van der Waals surface area contributed by atoms with Gasteiger partial charge in [0, 0.05) is 16.1 Å². The van der Waals surface area contributed by atoms with E-state index in [0.717, 1.165) is 5.56 Å². The molecular formula is C18H13ClN2O2. The molecule has 3 rings (SSSR count). The minimum Gasteiger partial charge on any atom is -0.506 e. The van der Waals surface area contributed by atoms with E-state index in [0.29, 0.717) is 21.9 Å². The number of benzene rings is 2. The zero-order valence-corrected chi connectivity index (χ0v) is 13.1. The minimum absolute atomic E-state index is 0.0511. The molecule has 0 fully saturated rings. The lowest BCUT2D eigenvalue weighted by Crippen LogP contribution is -2.07. The molecular weight excluding hydrogens is 312 g/mol. The number of Topliss-reactive ketones (excluding diaryl/α,β-unsaturated/α-hetero) is 1. The van der Waals surface area contributed by atoms with Crippen LogP contribution in [0.4, 0.5) is 0 Å². The number of carbonyl (C=O) groups excluding carboxylic acids is 1. The van der Waals surface area contributed by atoms with Crippen molar-refractivity contribution in [1.82, 2.24) is 0 Å². The summed E-state index contributed by atoms with van der Waals surface area (Å²) in [6, 6.07) is 14.1. The Balaban J connectivity index is 1.88. The summed E-state index contributed by atoms with van der Waals surface area (Å²) in [5.41, 5.74) is 2.36. The van der Waals surface area contributed by atoms with Crippen LogP contribution in [-0.4, -0.2) is 22.8 Å². The van der Waals surface area contributed by atoms with E-state index in [2.05, 4.69) is 10.2 Å². The highest BCUT2D eigenvalue weighted by molar-refractivity contribution is 6.35. The van der Waals surface area contributed by atoms with Crippen molar-refractivity contribution < 1.29 is 9.90 Å². The molecule has 5 heteroatoms. The maximum atomic E-state index is 12.4. The molecule has 2 aromatic carbocycles. The highest BCUT2D eigenvalue weighted by Crippen LogP contribution is 2.31. The Morgan fingerprint density at radius 1 is 1.13 bits per heavy atom. The second kappa shape index (κ2) is 6.18. The van der Waals surface area contributed by atoms with Crippen LogP contribution in [0.25, 0.3) is 5.76 Å². The highest BCUT2D eigenvalue weighted by Gasteiger charge is 2.30. The number of hydrogen-bond acceptors (Lipinski definition) is 4. The van der Waals surface area contributed by atoms with E-state index in [1.165, 1.54) is 0 Å². The molecule has 0 spiro atoms. The molecule has 1 aliphatic rings. The summed E-state index contributed by atoms with van der Waals surface area (Å²) in [6.07, 6.45) is 1.54. The number of fused-ring (bicyclic) bond motifs is 1. The molecule has 0 saturated heterocycles. The predicted molar refractivity (Wildman–Crippen MR) is 92.5 cm³/mol. The van der Waals surface area contributed by atoms with Crippen molar-refractivity contribution in [3.8, 4) is 0 Å². The van der Waals surface area contributed by atoms with E-state index in [9.17, 15) is 9.90 Å². The van der Waals surface area contributed by atoms with E-state index in [1.807, 2.05) is 12.1 Å². The van der Waals surface area contributed by atoms with Gasteiger partial charge >= 0.3 is 0 Å². The van der Waals surface area contributed by atoms with Crippen molar-refractivity contribution in [3.63, 3.8) is 0 Å². The lowest BCUT2D eigenvalue weighted by molar-refractivity contribution is 0.104. The van der Waals surface area contributed by atoms with E-state index in [1.54, 1.807) is 49.5 Å². The molecule has 0 unspecified atom stereocenters. The molecule has 1 aliphatic carbocycles. The Morgan fingerprint density at radius 3 is 2.57 bits per heavy atom. The second-order valence-corrected chi connectivity index (χ2v) is 5.52. The van der Waals surface area contributed by atoms with Crippen molar-refractivity contribution in [1.29, 1.82) is 0 Å². The quantitative estimate of drug-likeness (QED) is 0.676. The zero-order valence-electron chi connectivity index (χ0n) is 12.3. The third kappa shape index (κ3) is 2.94. The lowest BCUT2D eigenvalue weighted by Gasteiger charge is -1.99. The largest absolute Gasteiger partial charge is 0.506 e. The van der Waals surface area contributed by atoms with Gasteiger partial charge in [-0.15, -0.1) is 0 Å². The van der Waals surface area contributed by atoms with Crippen LogP contribution in [0, 0.1) is 0 Å². The normalized spacial score (nSPS) is 14.7. The van der Waals surface area contributed by atoms with Gasteiger partial charge in [0.05, 0.1) is 17.5 Å². The maximum Gasteiger partial charge on any atom is 0.199 e. The van der Waals surface area contributed by atoms with Gasteiger partial charge in [0.15, 0.2) is 5.78 Å². The van der Waals surface area contributed by atoms with Crippen LogP contribution in [0.2, 0.25) is 5.02 Å². The molecule has 0 amide bonds. The smallest absolute Gasteiger partial charge is 0.199 e. The molecule has 0 heterocycles. The first kappa shape index (κ1) is 15.2. The maximum absolute atomic E-state index is 12.4. The summed E-state index contributed by atoms with van der Waals surface area (Å²) < 4.78 is 0. The van der Waals surface area contributed by atoms with Crippen LogP contribution >= 0.6 is 11.6 Å². The van der Waals surface area contributed by atoms with Crippen LogP contribution in [-0.2, 0) is 0 Å². The fourth-order valence-corrected chi connectivity index (χ4v) is 2.62. The number of carbonyl (C=O) groups is 1. The number of allylic oxidation sites excluding steroid dienone is 1. The van der Waals surface area contributed by atoms with Gasteiger partial charge in [0.2, 0.25) is 0 Å². The van der Waals surface area contributed by atoms with E-state index < -0.39 is 0 Å². The number of rotatable bonds is 3. The molecule has 0 saturated carbocycles. The Kier molecular flexibility index (Phi) is 4.08. The first-order valence-corrected chi connectivity index (χ1v) is 7.36. The van der Waals surface area contributed by atoms with Gasteiger partial charge in [-0.3, -0.25) is 4.79 Å². The third-order valence-corrected chi connectivity index (χ3v) is 3.75. The number of hydrogen-bond donors (Lipinski definition) is 1. The molecule has 4 nitrogen and oxygen atoms in total. The van der Waals surface area contributed by atoms with Gasteiger partial charge in [0.25, 0.3) is 0 Å². The number of aliphatic hydroxyl groups excluding tert-OH is 1. The summed E-state index contributed by atoms with van der Waals surface area (Å²) in [5, 5.41) is 18.8. The van der Waals surface area contributed by atoms with Gasteiger partial charge in [-0.05, 0) is 24.6 Å². The van der Waals surface area contributed by atoms with Crippen molar-refractivity contribution in [2.45, 2.75) is 6.92 Å². The van der Waals surface area contributed by atoms with Crippen LogP contribution in [0.1, 0.15) is 28.4 Å². The number of ketones is 1. The third-order valence-electron chi connectivity index (χ3n) is 3.52. The lowest BCUT2D eigenvalue weighted by atomic mass is 10.1. The van der Waals surface area contributed by atoms with Gasteiger partial charge < -0.3 is 5.11 Å². The Labute approximate surface area is 138 Å². The molecule has 1 N–H and O–H groups in total. The van der Waals surface area contributed by atoms with E-state index in [4.69, 9.17) is 11.6 Å². The molecule has 23 heavy (non-hydrogen) atoms. The summed E-state index contributed by atoms with van der Waals surface area (Å²) >= 11 is 5.90. The minimum atomic E-state index is -0.239. The second-order valence-electron chi connectivity index (χ2n) is 5.08. The Morgan fingerprint density at radius 2 is 1.87 bits per heavy atom. The molecule has 0 radical (unpaired) electrons. The van der Waals surface area contributed by atoms with Crippen molar-refractivity contribution in [2.75, 3.05) is 0 Å². The Hall–Kier alpha value is -2.72. The molecule has 114 valence electrons. The monoisotopic (exact) mass is 324 g/mol. The average Bonchev–Trinajstić information content (AvgIpc) is 2.79. The number of aliphatic hydroxyl groups is 1. The van der Waals surface area contributed by atoms with Gasteiger partial charge in [-0.25, -0.2) is 0 Å². The Bertz CT molecular complexity index is 882. The fraction of sp³-hybridized carbons (Fsp3) is 0.0556. The summed E-state index contributed by atoms with van der Waals surface area (Å²) in [6.45, 7) is 1.64. The van der Waals surface area contributed by atoms with Crippen LogP contribution in [0.15, 0.2) is 64.3 Å².